The SMILES string of the molecule is O=C(O)CSc1nnc(CCCOc2ccc(Cl)cc2Cl)o1. The number of carbonyl (C=O) groups is 1. The molecule has 6 nitrogen and oxygen atoms in total. The number of ether oxygens (including phenoxy) is 1. The third-order valence-corrected chi connectivity index (χ3v) is 3.79. The molecule has 0 atom stereocenters. The van der Waals surface area contributed by atoms with Gasteiger partial charge in [-0.1, -0.05) is 35.0 Å². The summed E-state index contributed by atoms with van der Waals surface area (Å²) in [5.74, 6) is -0.0363. The maximum absolute atomic E-state index is 10.4. The molecule has 1 heterocycles. The molecule has 0 saturated heterocycles. The van der Waals surface area contributed by atoms with Crippen molar-refractivity contribution in [2.45, 2.75) is 18.1 Å². The van der Waals surface area contributed by atoms with Gasteiger partial charge in [0.15, 0.2) is 0 Å². The first-order valence-corrected chi connectivity index (χ1v) is 8.03. The number of halogens is 2. The highest BCUT2D eigenvalue weighted by Gasteiger charge is 2.09. The smallest absolute Gasteiger partial charge is 0.314 e. The normalized spacial score (nSPS) is 10.6. The van der Waals surface area contributed by atoms with E-state index in [0.717, 1.165) is 11.8 Å². The lowest BCUT2D eigenvalue weighted by Gasteiger charge is -2.07. The van der Waals surface area contributed by atoms with Crippen LogP contribution in [0.2, 0.25) is 10.0 Å². The minimum atomic E-state index is -0.932. The first kappa shape index (κ1) is 16.9. The first-order valence-electron chi connectivity index (χ1n) is 6.29. The second-order valence-electron chi connectivity index (χ2n) is 4.17. The third kappa shape index (κ3) is 5.40. The van der Waals surface area contributed by atoms with Crippen molar-refractivity contribution in [3.05, 3.63) is 34.1 Å². The Balaban J connectivity index is 1.73. The van der Waals surface area contributed by atoms with Crippen LogP contribution in [-0.2, 0) is 11.2 Å². The highest BCUT2D eigenvalue weighted by Crippen LogP contribution is 2.27. The molecule has 2 rings (SSSR count). The maximum Gasteiger partial charge on any atom is 0.314 e. The largest absolute Gasteiger partial charge is 0.492 e. The zero-order valence-electron chi connectivity index (χ0n) is 11.3. The fourth-order valence-electron chi connectivity index (χ4n) is 1.52. The van der Waals surface area contributed by atoms with Crippen LogP contribution in [0.3, 0.4) is 0 Å². The van der Waals surface area contributed by atoms with Gasteiger partial charge in [0, 0.05) is 11.4 Å². The van der Waals surface area contributed by atoms with Crippen LogP contribution in [0.25, 0.3) is 0 Å². The van der Waals surface area contributed by atoms with Crippen LogP contribution in [0.1, 0.15) is 12.3 Å². The summed E-state index contributed by atoms with van der Waals surface area (Å²) < 4.78 is 10.8. The summed E-state index contributed by atoms with van der Waals surface area (Å²) in [6.45, 7) is 0.432. The Hall–Kier alpha value is -1.44. The molecular weight excluding hydrogens is 351 g/mol. The van der Waals surface area contributed by atoms with Crippen molar-refractivity contribution < 1.29 is 19.1 Å². The number of rotatable bonds is 8. The van der Waals surface area contributed by atoms with Crippen molar-refractivity contribution in [1.29, 1.82) is 0 Å². The molecule has 0 fully saturated rings. The number of hydrogen-bond donors (Lipinski definition) is 1. The van der Waals surface area contributed by atoms with E-state index in [4.69, 9.17) is 37.5 Å². The fraction of sp³-hybridized carbons (Fsp3) is 0.308. The number of carboxylic acid groups (broad SMARTS) is 1. The molecule has 2 aromatic rings. The Morgan fingerprint density at radius 1 is 1.36 bits per heavy atom. The van der Waals surface area contributed by atoms with Crippen molar-refractivity contribution in [2.75, 3.05) is 12.4 Å². The molecule has 22 heavy (non-hydrogen) atoms. The van der Waals surface area contributed by atoms with Crippen LogP contribution in [0, 0.1) is 0 Å². The lowest BCUT2D eigenvalue weighted by atomic mass is 10.3. The average molecular weight is 363 g/mol. The van der Waals surface area contributed by atoms with Gasteiger partial charge < -0.3 is 14.3 Å². The topological polar surface area (TPSA) is 85.5 Å². The highest BCUT2D eigenvalue weighted by molar-refractivity contribution is 7.99. The first-order chi connectivity index (χ1) is 10.5. The molecule has 0 aliphatic heterocycles. The standard InChI is InChI=1S/C13H12Cl2N2O4S/c14-8-3-4-10(9(15)6-8)20-5-1-2-11-16-17-13(21-11)22-7-12(18)19/h3-4,6H,1-2,5,7H2,(H,18,19). The van der Waals surface area contributed by atoms with Gasteiger partial charge in [-0.25, -0.2) is 0 Å². The number of thioether (sulfide) groups is 1. The lowest BCUT2D eigenvalue weighted by molar-refractivity contribution is -0.133. The average Bonchev–Trinajstić information content (AvgIpc) is 2.91. The van der Waals surface area contributed by atoms with Gasteiger partial charge in [-0.3, -0.25) is 4.79 Å². The maximum atomic E-state index is 10.4. The summed E-state index contributed by atoms with van der Waals surface area (Å²) in [4.78, 5) is 10.4. The van der Waals surface area contributed by atoms with Gasteiger partial charge in [-0.05, 0) is 24.6 Å². The van der Waals surface area contributed by atoms with Gasteiger partial charge in [-0.15, -0.1) is 10.2 Å². The van der Waals surface area contributed by atoms with Gasteiger partial charge in [0.2, 0.25) is 5.89 Å². The molecule has 118 valence electrons. The van der Waals surface area contributed by atoms with E-state index in [1.54, 1.807) is 18.2 Å². The van der Waals surface area contributed by atoms with Crippen molar-refractivity contribution in [3.63, 3.8) is 0 Å². The van der Waals surface area contributed by atoms with E-state index in [-0.39, 0.29) is 11.0 Å². The Morgan fingerprint density at radius 2 is 2.18 bits per heavy atom. The molecular formula is C13H12Cl2N2O4S. The predicted molar refractivity (Wildman–Crippen MR) is 82.9 cm³/mol. The van der Waals surface area contributed by atoms with Crippen LogP contribution in [0.5, 0.6) is 5.75 Å². The third-order valence-electron chi connectivity index (χ3n) is 2.45. The number of nitrogens with zero attached hydrogens (tertiary/aromatic N) is 2. The highest BCUT2D eigenvalue weighted by atomic mass is 35.5. The predicted octanol–water partition coefficient (Wildman–Crippen LogP) is 3.56. The number of aromatic nitrogens is 2. The molecule has 0 aliphatic rings. The molecule has 0 saturated carbocycles. The van der Waals surface area contributed by atoms with Crippen molar-refractivity contribution >= 4 is 40.9 Å². The Bertz CT molecular complexity index is 651. The summed E-state index contributed by atoms with van der Waals surface area (Å²) in [5.41, 5.74) is 0. The second kappa shape index (κ2) is 8.26. The van der Waals surface area contributed by atoms with Crippen LogP contribution in [0.4, 0.5) is 0 Å². The van der Waals surface area contributed by atoms with Gasteiger partial charge in [-0.2, -0.15) is 0 Å². The number of aliphatic carboxylic acids is 1. The van der Waals surface area contributed by atoms with E-state index < -0.39 is 5.97 Å². The summed E-state index contributed by atoms with van der Waals surface area (Å²) >= 11 is 12.8. The van der Waals surface area contributed by atoms with E-state index in [2.05, 4.69) is 10.2 Å². The molecule has 0 unspecified atom stereocenters. The van der Waals surface area contributed by atoms with Crippen molar-refractivity contribution in [1.82, 2.24) is 10.2 Å². The van der Waals surface area contributed by atoms with Crippen LogP contribution in [0.15, 0.2) is 27.8 Å². The molecule has 0 bridgehead atoms. The van der Waals surface area contributed by atoms with Crippen molar-refractivity contribution in [3.8, 4) is 5.75 Å². The molecule has 0 spiro atoms. The van der Waals surface area contributed by atoms with E-state index in [9.17, 15) is 4.79 Å². The minimum absolute atomic E-state index is 0.111. The molecule has 9 heteroatoms. The van der Waals surface area contributed by atoms with E-state index in [0.29, 0.717) is 41.1 Å². The minimum Gasteiger partial charge on any atom is -0.492 e. The second-order valence-corrected chi connectivity index (χ2v) is 5.94. The Labute approximate surface area is 140 Å². The number of carboxylic acids is 1. The van der Waals surface area contributed by atoms with Crippen LogP contribution in [-0.4, -0.2) is 33.6 Å². The van der Waals surface area contributed by atoms with Crippen molar-refractivity contribution in [2.24, 2.45) is 0 Å². The molecule has 0 aliphatic carbocycles. The van der Waals surface area contributed by atoms with E-state index in [1.807, 2.05) is 0 Å². The number of aryl methyl sites for hydroxylation is 1. The van der Waals surface area contributed by atoms with Gasteiger partial charge in [0.25, 0.3) is 5.22 Å². The number of benzene rings is 1. The van der Waals surface area contributed by atoms with Crippen LogP contribution < -0.4 is 4.74 Å². The van der Waals surface area contributed by atoms with Gasteiger partial charge >= 0.3 is 5.97 Å². The van der Waals surface area contributed by atoms with Gasteiger partial charge in [0.1, 0.15) is 11.5 Å². The lowest BCUT2D eigenvalue weighted by Crippen LogP contribution is -2.00. The quantitative estimate of drug-likeness (QED) is 0.567. The monoisotopic (exact) mass is 362 g/mol. The summed E-state index contributed by atoms with van der Waals surface area (Å²) in [7, 11) is 0. The van der Waals surface area contributed by atoms with Gasteiger partial charge in [0.05, 0.1) is 11.6 Å². The zero-order chi connectivity index (χ0) is 15.9. The summed E-state index contributed by atoms with van der Waals surface area (Å²) in [6.07, 6.45) is 1.19. The molecule has 1 aromatic heterocycles. The summed E-state index contributed by atoms with van der Waals surface area (Å²) in [5, 5.41) is 17.4. The zero-order valence-corrected chi connectivity index (χ0v) is 13.6. The van der Waals surface area contributed by atoms with E-state index in [1.165, 1.54) is 0 Å². The molecule has 0 radical (unpaired) electrons. The Kier molecular flexibility index (Phi) is 6.35. The fourth-order valence-corrected chi connectivity index (χ4v) is 2.48. The molecule has 1 N–H and O–H groups in total. The number of hydrogen-bond acceptors (Lipinski definition) is 6. The molecule has 0 amide bonds. The van der Waals surface area contributed by atoms with Crippen LogP contribution >= 0.6 is 35.0 Å². The molecule has 1 aromatic carbocycles. The Morgan fingerprint density at radius 3 is 2.91 bits per heavy atom. The summed E-state index contributed by atoms with van der Waals surface area (Å²) in [6, 6.07) is 5.02. The van der Waals surface area contributed by atoms with E-state index >= 15 is 0 Å².